The van der Waals surface area contributed by atoms with Gasteiger partial charge in [-0.3, -0.25) is 4.99 Å². The van der Waals surface area contributed by atoms with Crippen LogP contribution in [-0.4, -0.2) is 32.9 Å². The molecule has 0 bridgehead atoms. The summed E-state index contributed by atoms with van der Waals surface area (Å²) < 4.78 is 46.9. The normalized spacial score (nSPS) is 11.4. The maximum atomic E-state index is 12.3. The van der Waals surface area contributed by atoms with Crippen LogP contribution in [-0.2, 0) is 13.1 Å². The number of rotatable bonds is 7. The van der Waals surface area contributed by atoms with Crippen LogP contribution in [0.5, 0.6) is 11.5 Å². The van der Waals surface area contributed by atoms with Crippen LogP contribution >= 0.6 is 24.0 Å². The van der Waals surface area contributed by atoms with Gasteiger partial charge in [0.1, 0.15) is 0 Å². The van der Waals surface area contributed by atoms with Crippen molar-refractivity contribution in [3.8, 4) is 11.5 Å². The van der Waals surface area contributed by atoms with Crippen LogP contribution in [0.1, 0.15) is 16.7 Å². The van der Waals surface area contributed by atoms with E-state index in [0.717, 1.165) is 11.1 Å². The van der Waals surface area contributed by atoms with Gasteiger partial charge in [0.2, 0.25) is 0 Å². The van der Waals surface area contributed by atoms with E-state index in [1.807, 2.05) is 25.1 Å². The van der Waals surface area contributed by atoms with Crippen molar-refractivity contribution in [1.82, 2.24) is 10.6 Å². The Kier molecular flexibility index (Phi) is 10.1. The minimum absolute atomic E-state index is 0. The predicted octanol–water partition coefficient (Wildman–Crippen LogP) is 4.43. The van der Waals surface area contributed by atoms with Gasteiger partial charge >= 0.3 is 6.18 Å². The SMILES string of the molecule is CN=C(NCc1cccc(C)c1)NCc1ccc(OCC(F)(F)F)c(OC)c1.I. The molecule has 0 aliphatic heterocycles. The lowest BCUT2D eigenvalue weighted by Gasteiger charge is -2.15. The molecule has 0 aliphatic rings. The van der Waals surface area contributed by atoms with Crippen LogP contribution in [0.15, 0.2) is 47.5 Å². The van der Waals surface area contributed by atoms with Crippen LogP contribution in [0, 0.1) is 6.92 Å². The number of hydrogen-bond acceptors (Lipinski definition) is 3. The van der Waals surface area contributed by atoms with E-state index in [2.05, 4.69) is 21.7 Å². The molecule has 2 aromatic rings. The second-order valence-electron chi connectivity index (χ2n) is 6.16. The lowest BCUT2D eigenvalue weighted by Crippen LogP contribution is -2.36. The molecule has 0 aromatic heterocycles. The highest BCUT2D eigenvalue weighted by Crippen LogP contribution is 2.29. The molecule has 0 saturated heterocycles. The zero-order chi connectivity index (χ0) is 20.6. The minimum Gasteiger partial charge on any atom is -0.493 e. The number of alkyl halides is 3. The molecule has 5 nitrogen and oxygen atoms in total. The first-order valence-corrected chi connectivity index (χ1v) is 8.67. The fraction of sp³-hybridized carbons (Fsp3) is 0.350. The number of ether oxygens (including phenoxy) is 2. The van der Waals surface area contributed by atoms with Crippen LogP contribution in [0.25, 0.3) is 0 Å². The topological polar surface area (TPSA) is 54.9 Å². The molecule has 0 saturated carbocycles. The summed E-state index contributed by atoms with van der Waals surface area (Å²) in [5, 5.41) is 6.38. The molecule has 0 aliphatic carbocycles. The summed E-state index contributed by atoms with van der Waals surface area (Å²) >= 11 is 0. The second-order valence-corrected chi connectivity index (χ2v) is 6.16. The first kappa shape index (κ1) is 24.9. The molecule has 0 radical (unpaired) electrons. The van der Waals surface area contributed by atoms with Crippen molar-refractivity contribution >= 4 is 29.9 Å². The Morgan fingerprint density at radius 2 is 1.66 bits per heavy atom. The van der Waals surface area contributed by atoms with E-state index in [1.165, 1.54) is 18.7 Å². The molecular weight excluding hydrogens is 498 g/mol. The number of nitrogens with zero attached hydrogens (tertiary/aromatic N) is 1. The summed E-state index contributed by atoms with van der Waals surface area (Å²) in [6.07, 6.45) is -4.40. The second kappa shape index (κ2) is 11.7. The van der Waals surface area contributed by atoms with Gasteiger partial charge in [-0.05, 0) is 30.2 Å². The van der Waals surface area contributed by atoms with E-state index in [1.54, 1.807) is 19.2 Å². The van der Waals surface area contributed by atoms with Gasteiger partial charge < -0.3 is 20.1 Å². The summed E-state index contributed by atoms with van der Waals surface area (Å²) in [6.45, 7) is 1.71. The Balaban J connectivity index is 0.00000420. The number of halogens is 4. The van der Waals surface area contributed by atoms with Crippen LogP contribution in [0.3, 0.4) is 0 Å². The zero-order valence-corrected chi connectivity index (χ0v) is 18.8. The fourth-order valence-electron chi connectivity index (χ4n) is 2.52. The third-order valence-electron chi connectivity index (χ3n) is 3.85. The predicted molar refractivity (Wildman–Crippen MR) is 118 cm³/mol. The van der Waals surface area contributed by atoms with E-state index in [4.69, 9.17) is 9.47 Å². The maximum absolute atomic E-state index is 12.3. The quantitative estimate of drug-likeness (QED) is 0.321. The van der Waals surface area contributed by atoms with Crippen LogP contribution in [0.2, 0.25) is 0 Å². The smallest absolute Gasteiger partial charge is 0.422 e. The summed E-state index contributed by atoms with van der Waals surface area (Å²) in [5.74, 6) is 0.898. The van der Waals surface area contributed by atoms with E-state index >= 15 is 0 Å². The molecule has 160 valence electrons. The van der Waals surface area contributed by atoms with Gasteiger partial charge in [-0.15, -0.1) is 24.0 Å². The summed E-state index contributed by atoms with van der Waals surface area (Å²) in [6, 6.07) is 12.9. The van der Waals surface area contributed by atoms with E-state index in [0.29, 0.717) is 19.0 Å². The van der Waals surface area contributed by atoms with Crippen molar-refractivity contribution in [2.75, 3.05) is 20.8 Å². The number of nitrogens with one attached hydrogen (secondary N) is 2. The molecule has 0 unspecified atom stereocenters. The largest absolute Gasteiger partial charge is 0.493 e. The highest BCUT2D eigenvalue weighted by atomic mass is 127. The molecule has 0 heterocycles. The molecule has 0 fully saturated rings. The number of aryl methyl sites for hydroxylation is 1. The van der Waals surface area contributed by atoms with Crippen LogP contribution < -0.4 is 20.1 Å². The van der Waals surface area contributed by atoms with Gasteiger partial charge in [0.15, 0.2) is 24.1 Å². The highest BCUT2D eigenvalue weighted by molar-refractivity contribution is 14.0. The Morgan fingerprint density at radius 1 is 1.00 bits per heavy atom. The molecule has 2 N–H and O–H groups in total. The number of aliphatic imine (C=N–C) groups is 1. The molecule has 2 aromatic carbocycles. The van der Waals surface area contributed by atoms with Crippen molar-refractivity contribution in [2.24, 2.45) is 4.99 Å². The zero-order valence-electron chi connectivity index (χ0n) is 16.5. The van der Waals surface area contributed by atoms with Gasteiger partial charge in [0, 0.05) is 20.1 Å². The fourth-order valence-corrected chi connectivity index (χ4v) is 2.52. The van der Waals surface area contributed by atoms with E-state index in [9.17, 15) is 13.2 Å². The molecular formula is C20H25F3IN3O2. The van der Waals surface area contributed by atoms with Crippen molar-refractivity contribution < 1.29 is 22.6 Å². The van der Waals surface area contributed by atoms with Gasteiger partial charge in [-0.1, -0.05) is 35.9 Å². The Hall–Kier alpha value is -2.17. The van der Waals surface area contributed by atoms with Crippen molar-refractivity contribution in [2.45, 2.75) is 26.2 Å². The number of hydrogen-bond donors (Lipinski definition) is 2. The van der Waals surface area contributed by atoms with Gasteiger partial charge in [-0.2, -0.15) is 13.2 Å². The Morgan fingerprint density at radius 3 is 2.21 bits per heavy atom. The average Bonchev–Trinajstić information content (AvgIpc) is 2.66. The van der Waals surface area contributed by atoms with E-state index in [-0.39, 0.29) is 35.5 Å². The Labute approximate surface area is 185 Å². The number of benzene rings is 2. The first-order chi connectivity index (χ1) is 13.3. The van der Waals surface area contributed by atoms with Gasteiger partial charge in [-0.25, -0.2) is 0 Å². The average molecular weight is 523 g/mol. The summed E-state index contributed by atoms with van der Waals surface area (Å²) in [5.41, 5.74) is 3.13. The van der Waals surface area contributed by atoms with E-state index < -0.39 is 12.8 Å². The molecule has 9 heteroatoms. The molecule has 0 atom stereocenters. The number of guanidine groups is 1. The van der Waals surface area contributed by atoms with Gasteiger partial charge in [0.25, 0.3) is 0 Å². The summed E-state index contributed by atoms with van der Waals surface area (Å²) in [4.78, 5) is 4.17. The third-order valence-corrected chi connectivity index (χ3v) is 3.85. The Bertz CT molecular complexity index is 814. The maximum Gasteiger partial charge on any atom is 0.422 e. The highest BCUT2D eigenvalue weighted by Gasteiger charge is 2.29. The molecule has 0 amide bonds. The van der Waals surface area contributed by atoms with Crippen molar-refractivity contribution in [1.29, 1.82) is 0 Å². The molecule has 2 rings (SSSR count). The minimum atomic E-state index is -4.40. The monoisotopic (exact) mass is 523 g/mol. The van der Waals surface area contributed by atoms with Crippen molar-refractivity contribution in [3.05, 3.63) is 59.2 Å². The lowest BCUT2D eigenvalue weighted by atomic mass is 10.1. The lowest BCUT2D eigenvalue weighted by molar-refractivity contribution is -0.153. The first-order valence-electron chi connectivity index (χ1n) is 8.67. The standard InChI is InChI=1S/C20H24F3N3O2.HI/c1-14-5-4-6-15(9-14)11-25-19(24-2)26-12-16-7-8-17(18(10-16)27-3)28-13-20(21,22)23;/h4-10H,11-13H2,1-3H3,(H2,24,25,26);1H. The van der Waals surface area contributed by atoms with Crippen molar-refractivity contribution in [3.63, 3.8) is 0 Å². The van der Waals surface area contributed by atoms with Gasteiger partial charge in [0.05, 0.1) is 7.11 Å². The van der Waals surface area contributed by atoms with Crippen LogP contribution in [0.4, 0.5) is 13.2 Å². The molecule has 29 heavy (non-hydrogen) atoms. The molecule has 0 spiro atoms. The third kappa shape index (κ3) is 8.80. The summed E-state index contributed by atoms with van der Waals surface area (Å²) in [7, 11) is 3.05. The number of methoxy groups -OCH3 is 1.